The number of benzene rings is 2. The average Bonchev–Trinajstić information content (AvgIpc) is 2.42. The highest BCUT2D eigenvalue weighted by atomic mass is 32.2. The molecule has 0 atom stereocenters. The van der Waals surface area contributed by atoms with Crippen molar-refractivity contribution in [1.29, 1.82) is 0 Å². The minimum absolute atomic E-state index is 0.0879. The topological polar surface area (TPSA) is 75.3 Å². The summed E-state index contributed by atoms with van der Waals surface area (Å²) in [6.45, 7) is 1.92. The van der Waals surface area contributed by atoms with Crippen LogP contribution in [0.25, 0.3) is 0 Å². The van der Waals surface area contributed by atoms with Crippen LogP contribution < -0.4 is 10.0 Å². The third-order valence-electron chi connectivity index (χ3n) is 2.67. The van der Waals surface area contributed by atoms with Crippen LogP contribution in [0.5, 0.6) is 0 Å². The molecule has 0 heterocycles. The van der Waals surface area contributed by atoms with Crippen LogP contribution >= 0.6 is 0 Å². The number of carbonyl (C=O) groups excluding carboxylic acids is 1. The maximum Gasteiger partial charge on any atom is 0.261 e. The van der Waals surface area contributed by atoms with E-state index in [2.05, 4.69) is 10.0 Å². The van der Waals surface area contributed by atoms with Crippen molar-refractivity contribution in [2.24, 2.45) is 0 Å². The number of carbonyl (C=O) groups is 1. The van der Waals surface area contributed by atoms with Gasteiger partial charge in [0.05, 0.1) is 4.90 Å². The van der Waals surface area contributed by atoms with E-state index in [0.717, 1.165) is 5.56 Å². The highest BCUT2D eigenvalue weighted by molar-refractivity contribution is 7.92. The molecule has 0 saturated carbocycles. The molecule has 0 aromatic heterocycles. The van der Waals surface area contributed by atoms with Gasteiger partial charge in [-0.05, 0) is 37.3 Å². The fraction of sp³-hybridized carbons (Fsp3) is 0.0714. The molecule has 0 bridgehead atoms. The van der Waals surface area contributed by atoms with Crippen LogP contribution in [-0.4, -0.2) is 14.8 Å². The van der Waals surface area contributed by atoms with E-state index >= 15 is 0 Å². The van der Waals surface area contributed by atoms with Crippen molar-refractivity contribution in [2.75, 3.05) is 10.0 Å². The fourth-order valence-corrected chi connectivity index (χ4v) is 2.76. The molecule has 1 amide bonds. The van der Waals surface area contributed by atoms with Crippen molar-refractivity contribution in [3.63, 3.8) is 0 Å². The van der Waals surface area contributed by atoms with Crippen molar-refractivity contribution in [2.45, 2.75) is 11.8 Å². The Hall–Kier alpha value is -2.34. The summed E-state index contributed by atoms with van der Waals surface area (Å²) in [5.74, 6) is 0. The van der Waals surface area contributed by atoms with Gasteiger partial charge < -0.3 is 5.32 Å². The Bertz CT molecular complexity index is 709. The Kier molecular flexibility index (Phi) is 4.05. The fourth-order valence-electron chi connectivity index (χ4n) is 1.66. The van der Waals surface area contributed by atoms with Crippen molar-refractivity contribution in [1.82, 2.24) is 0 Å². The number of nitrogens with one attached hydrogen (secondary N) is 2. The Morgan fingerprint density at radius 3 is 2.35 bits per heavy atom. The van der Waals surface area contributed by atoms with Crippen LogP contribution in [0.15, 0.2) is 53.4 Å². The molecule has 0 aliphatic rings. The molecule has 0 spiro atoms. The number of sulfonamides is 1. The van der Waals surface area contributed by atoms with Crippen LogP contribution in [0, 0.1) is 6.92 Å². The van der Waals surface area contributed by atoms with Gasteiger partial charge in [0.15, 0.2) is 0 Å². The van der Waals surface area contributed by atoms with Gasteiger partial charge in [0, 0.05) is 11.4 Å². The zero-order valence-electron chi connectivity index (χ0n) is 10.8. The monoisotopic (exact) mass is 290 g/mol. The van der Waals surface area contributed by atoms with Crippen LogP contribution in [-0.2, 0) is 14.8 Å². The molecule has 2 aromatic carbocycles. The number of hydrogen-bond acceptors (Lipinski definition) is 3. The molecule has 0 aliphatic heterocycles. The quantitative estimate of drug-likeness (QED) is 0.830. The van der Waals surface area contributed by atoms with E-state index in [-0.39, 0.29) is 4.90 Å². The molecule has 104 valence electrons. The van der Waals surface area contributed by atoms with E-state index < -0.39 is 10.0 Å². The summed E-state index contributed by atoms with van der Waals surface area (Å²) in [5.41, 5.74) is 1.96. The van der Waals surface area contributed by atoms with Crippen LogP contribution in [0.4, 0.5) is 11.4 Å². The Morgan fingerprint density at radius 2 is 1.70 bits per heavy atom. The molecular formula is C14H14N2O3S. The lowest BCUT2D eigenvalue weighted by Gasteiger charge is -2.09. The lowest BCUT2D eigenvalue weighted by atomic mass is 10.2. The SMILES string of the molecule is Cc1ccc(NS(=O)(=O)c2cccc(NC=O)c2)cc1. The average molecular weight is 290 g/mol. The molecule has 2 aromatic rings. The largest absolute Gasteiger partial charge is 0.329 e. The van der Waals surface area contributed by atoms with Gasteiger partial charge in [-0.15, -0.1) is 0 Å². The summed E-state index contributed by atoms with van der Waals surface area (Å²) in [6, 6.07) is 13.1. The predicted molar refractivity (Wildman–Crippen MR) is 78.1 cm³/mol. The normalized spacial score (nSPS) is 10.8. The van der Waals surface area contributed by atoms with Crippen LogP contribution in [0.2, 0.25) is 0 Å². The number of amides is 1. The highest BCUT2D eigenvalue weighted by Crippen LogP contribution is 2.19. The minimum Gasteiger partial charge on any atom is -0.329 e. The van der Waals surface area contributed by atoms with Crippen LogP contribution in [0.1, 0.15) is 5.56 Å². The molecular weight excluding hydrogens is 276 g/mol. The zero-order valence-corrected chi connectivity index (χ0v) is 11.6. The maximum atomic E-state index is 12.2. The summed E-state index contributed by atoms with van der Waals surface area (Å²) >= 11 is 0. The van der Waals surface area contributed by atoms with E-state index in [0.29, 0.717) is 17.8 Å². The number of rotatable bonds is 5. The van der Waals surface area contributed by atoms with Gasteiger partial charge in [-0.1, -0.05) is 23.8 Å². The molecule has 6 heteroatoms. The highest BCUT2D eigenvalue weighted by Gasteiger charge is 2.14. The number of anilines is 2. The van der Waals surface area contributed by atoms with Crippen molar-refractivity contribution in [3.05, 3.63) is 54.1 Å². The Morgan fingerprint density at radius 1 is 1.00 bits per heavy atom. The predicted octanol–water partition coefficient (Wildman–Crippen LogP) is 2.36. The van der Waals surface area contributed by atoms with E-state index in [4.69, 9.17) is 0 Å². The zero-order chi connectivity index (χ0) is 14.6. The summed E-state index contributed by atoms with van der Waals surface area (Å²) in [4.78, 5) is 10.5. The summed E-state index contributed by atoms with van der Waals surface area (Å²) in [7, 11) is -3.67. The van der Waals surface area contributed by atoms with E-state index in [1.54, 1.807) is 24.3 Å². The van der Waals surface area contributed by atoms with Gasteiger partial charge in [0.1, 0.15) is 0 Å². The number of hydrogen-bond donors (Lipinski definition) is 2. The molecule has 0 radical (unpaired) electrons. The Labute approximate surface area is 117 Å². The second-order valence-corrected chi connectivity index (χ2v) is 5.94. The van der Waals surface area contributed by atoms with Gasteiger partial charge in [-0.25, -0.2) is 8.42 Å². The minimum atomic E-state index is -3.67. The molecule has 5 nitrogen and oxygen atoms in total. The second kappa shape index (κ2) is 5.75. The van der Waals surface area contributed by atoms with Crippen LogP contribution in [0.3, 0.4) is 0 Å². The standard InChI is InChI=1S/C14H14N2O3S/c1-11-5-7-12(8-6-11)16-20(18,19)14-4-2-3-13(9-14)15-10-17/h2-10,16H,1H3,(H,15,17). The molecule has 0 fully saturated rings. The third-order valence-corrected chi connectivity index (χ3v) is 4.05. The van der Waals surface area contributed by atoms with Crippen molar-refractivity contribution < 1.29 is 13.2 Å². The molecule has 2 rings (SSSR count). The first kappa shape index (κ1) is 14.1. The first-order chi connectivity index (χ1) is 9.51. The molecule has 0 aliphatic carbocycles. The third kappa shape index (κ3) is 3.36. The maximum absolute atomic E-state index is 12.2. The Balaban J connectivity index is 2.28. The van der Waals surface area contributed by atoms with Gasteiger partial charge in [-0.2, -0.15) is 0 Å². The first-order valence-corrected chi connectivity index (χ1v) is 7.39. The van der Waals surface area contributed by atoms with Crippen molar-refractivity contribution in [3.8, 4) is 0 Å². The van der Waals surface area contributed by atoms with E-state index in [1.165, 1.54) is 12.1 Å². The summed E-state index contributed by atoms with van der Waals surface area (Å²) in [6.07, 6.45) is 0.499. The second-order valence-electron chi connectivity index (χ2n) is 4.26. The van der Waals surface area contributed by atoms with Gasteiger partial charge in [0.25, 0.3) is 10.0 Å². The molecule has 20 heavy (non-hydrogen) atoms. The smallest absolute Gasteiger partial charge is 0.261 e. The molecule has 0 unspecified atom stereocenters. The molecule has 2 N–H and O–H groups in total. The lowest BCUT2D eigenvalue weighted by Crippen LogP contribution is -2.13. The van der Waals surface area contributed by atoms with Gasteiger partial charge in [0.2, 0.25) is 6.41 Å². The number of aryl methyl sites for hydroxylation is 1. The van der Waals surface area contributed by atoms with Gasteiger partial charge >= 0.3 is 0 Å². The summed E-state index contributed by atoms with van der Waals surface area (Å²) in [5, 5.41) is 2.42. The molecule has 0 saturated heterocycles. The van der Waals surface area contributed by atoms with Crippen molar-refractivity contribution >= 4 is 27.8 Å². The summed E-state index contributed by atoms with van der Waals surface area (Å²) < 4.78 is 26.9. The van der Waals surface area contributed by atoms with Gasteiger partial charge in [-0.3, -0.25) is 9.52 Å². The lowest BCUT2D eigenvalue weighted by molar-refractivity contribution is -0.105. The van der Waals surface area contributed by atoms with E-state index in [1.807, 2.05) is 19.1 Å². The first-order valence-electron chi connectivity index (χ1n) is 5.91. The van der Waals surface area contributed by atoms with E-state index in [9.17, 15) is 13.2 Å².